The monoisotopic (exact) mass is 307 g/mol. The van der Waals surface area contributed by atoms with Gasteiger partial charge in [0.15, 0.2) is 0 Å². The zero-order chi connectivity index (χ0) is 16.1. The molecule has 116 valence electrons. The van der Waals surface area contributed by atoms with Crippen molar-refractivity contribution in [2.24, 2.45) is 0 Å². The molecule has 1 atom stereocenters. The predicted octanol–water partition coefficient (Wildman–Crippen LogP) is 3.41. The van der Waals surface area contributed by atoms with E-state index in [-0.39, 0.29) is 12.5 Å². The number of carbonyl (C=O) groups excluding carboxylic acids is 1. The highest BCUT2D eigenvalue weighted by atomic mass is 16.3. The summed E-state index contributed by atoms with van der Waals surface area (Å²) >= 11 is 0. The molecule has 2 N–H and O–H groups in total. The van der Waals surface area contributed by atoms with Crippen LogP contribution in [-0.2, 0) is 0 Å². The minimum atomic E-state index is -0.777. The predicted molar refractivity (Wildman–Crippen MR) is 87.9 cm³/mol. The fourth-order valence-corrected chi connectivity index (χ4v) is 2.32. The molecule has 1 aromatic heterocycles. The lowest BCUT2D eigenvalue weighted by Gasteiger charge is -2.10. The Labute approximate surface area is 134 Å². The molecule has 0 saturated heterocycles. The van der Waals surface area contributed by atoms with Crippen molar-refractivity contribution in [3.63, 3.8) is 0 Å². The van der Waals surface area contributed by atoms with Crippen LogP contribution in [0, 0.1) is 0 Å². The van der Waals surface area contributed by atoms with Crippen LogP contribution in [0.4, 0.5) is 0 Å². The maximum Gasteiger partial charge on any atom is 0.251 e. The van der Waals surface area contributed by atoms with Gasteiger partial charge in [-0.3, -0.25) is 4.79 Å². The van der Waals surface area contributed by atoms with Gasteiger partial charge in [-0.05, 0) is 29.3 Å². The Morgan fingerprint density at radius 2 is 1.70 bits per heavy atom. The van der Waals surface area contributed by atoms with Crippen LogP contribution in [0.2, 0.25) is 0 Å². The van der Waals surface area contributed by atoms with Crippen LogP contribution in [0.3, 0.4) is 0 Å². The summed E-state index contributed by atoms with van der Waals surface area (Å²) in [7, 11) is 0. The second kappa shape index (κ2) is 6.94. The highest BCUT2D eigenvalue weighted by Gasteiger charge is 2.11. The van der Waals surface area contributed by atoms with Gasteiger partial charge in [0.25, 0.3) is 5.91 Å². The minimum absolute atomic E-state index is 0.138. The molecule has 3 aromatic rings. The molecule has 4 heteroatoms. The highest BCUT2D eigenvalue weighted by Crippen LogP contribution is 2.19. The van der Waals surface area contributed by atoms with Crippen LogP contribution >= 0.6 is 0 Å². The van der Waals surface area contributed by atoms with Gasteiger partial charge in [0.1, 0.15) is 0 Å². The number of benzene rings is 2. The van der Waals surface area contributed by atoms with E-state index in [0.29, 0.717) is 11.1 Å². The van der Waals surface area contributed by atoms with E-state index in [0.717, 1.165) is 11.1 Å². The average molecular weight is 307 g/mol. The maximum atomic E-state index is 12.1. The number of rotatable bonds is 5. The lowest BCUT2D eigenvalue weighted by Crippen LogP contribution is -2.28. The summed E-state index contributed by atoms with van der Waals surface area (Å²) in [6.45, 7) is 0.138. The summed E-state index contributed by atoms with van der Waals surface area (Å²) in [6.07, 6.45) is 2.18. The summed E-state index contributed by atoms with van der Waals surface area (Å²) in [4.78, 5) is 12.1. The smallest absolute Gasteiger partial charge is 0.251 e. The van der Waals surface area contributed by atoms with Crippen molar-refractivity contribution < 1.29 is 14.3 Å². The summed E-state index contributed by atoms with van der Waals surface area (Å²) in [6, 6.07) is 19.0. The van der Waals surface area contributed by atoms with Crippen molar-refractivity contribution in [3.8, 4) is 11.1 Å². The Kier molecular flexibility index (Phi) is 4.54. The fraction of sp³-hybridized carbons (Fsp3) is 0.105. The molecule has 0 aliphatic rings. The number of aliphatic hydroxyl groups excluding tert-OH is 1. The van der Waals surface area contributed by atoms with Crippen LogP contribution < -0.4 is 5.32 Å². The first-order chi connectivity index (χ1) is 11.2. The van der Waals surface area contributed by atoms with E-state index in [1.54, 1.807) is 18.2 Å². The molecular formula is C19H17NO3. The van der Waals surface area contributed by atoms with Crippen molar-refractivity contribution in [3.05, 3.63) is 84.3 Å². The van der Waals surface area contributed by atoms with Crippen LogP contribution in [0.25, 0.3) is 11.1 Å². The zero-order valence-corrected chi connectivity index (χ0v) is 12.5. The molecule has 0 spiro atoms. The van der Waals surface area contributed by atoms with Crippen molar-refractivity contribution in [1.29, 1.82) is 0 Å². The van der Waals surface area contributed by atoms with E-state index in [1.165, 1.54) is 12.5 Å². The van der Waals surface area contributed by atoms with E-state index >= 15 is 0 Å². The lowest BCUT2D eigenvalue weighted by molar-refractivity contribution is 0.0916. The molecule has 0 aliphatic heterocycles. The number of aliphatic hydroxyl groups is 1. The first-order valence-corrected chi connectivity index (χ1v) is 7.38. The number of hydrogen-bond donors (Lipinski definition) is 2. The summed E-state index contributed by atoms with van der Waals surface area (Å²) < 4.78 is 4.91. The second-order valence-electron chi connectivity index (χ2n) is 5.23. The molecule has 1 unspecified atom stereocenters. The summed E-state index contributed by atoms with van der Waals surface area (Å²) in [5, 5.41) is 12.6. The Morgan fingerprint density at radius 3 is 2.35 bits per heavy atom. The molecule has 3 rings (SSSR count). The minimum Gasteiger partial charge on any atom is -0.472 e. The van der Waals surface area contributed by atoms with Crippen LogP contribution in [0.1, 0.15) is 22.0 Å². The standard InChI is InChI=1S/C19H17NO3/c21-18(17-10-11-23-13-17)12-20-19(22)16-8-6-15(7-9-16)14-4-2-1-3-5-14/h1-11,13,18,21H,12H2,(H,20,22). The number of carbonyl (C=O) groups is 1. The van der Waals surface area contributed by atoms with E-state index in [9.17, 15) is 9.90 Å². The van der Waals surface area contributed by atoms with Crippen molar-refractivity contribution in [1.82, 2.24) is 5.32 Å². The SMILES string of the molecule is O=C(NCC(O)c1ccoc1)c1ccc(-c2ccccc2)cc1. The Balaban J connectivity index is 1.62. The summed E-state index contributed by atoms with van der Waals surface area (Å²) in [5.74, 6) is -0.216. The van der Waals surface area contributed by atoms with Gasteiger partial charge >= 0.3 is 0 Å². The molecule has 4 nitrogen and oxygen atoms in total. The molecule has 0 fully saturated rings. The molecule has 1 amide bonds. The first-order valence-electron chi connectivity index (χ1n) is 7.38. The van der Waals surface area contributed by atoms with Gasteiger partial charge in [0.05, 0.1) is 18.6 Å². The number of hydrogen-bond acceptors (Lipinski definition) is 3. The molecule has 0 saturated carbocycles. The van der Waals surface area contributed by atoms with Gasteiger partial charge in [0, 0.05) is 17.7 Å². The molecule has 23 heavy (non-hydrogen) atoms. The van der Waals surface area contributed by atoms with E-state index in [1.807, 2.05) is 42.5 Å². The first kappa shape index (κ1) is 15.1. The Hall–Kier alpha value is -2.85. The third-order valence-electron chi connectivity index (χ3n) is 3.64. The Bertz CT molecular complexity index is 749. The van der Waals surface area contributed by atoms with E-state index in [4.69, 9.17) is 4.42 Å². The molecule has 0 radical (unpaired) electrons. The zero-order valence-electron chi connectivity index (χ0n) is 12.5. The second-order valence-corrected chi connectivity index (χ2v) is 5.23. The van der Waals surface area contributed by atoms with Gasteiger partial charge in [-0.15, -0.1) is 0 Å². The average Bonchev–Trinajstić information content (AvgIpc) is 3.15. The Morgan fingerprint density at radius 1 is 1.00 bits per heavy atom. The maximum absolute atomic E-state index is 12.1. The summed E-state index contributed by atoms with van der Waals surface area (Å²) in [5.41, 5.74) is 3.37. The van der Waals surface area contributed by atoms with Crippen molar-refractivity contribution >= 4 is 5.91 Å². The molecule has 2 aromatic carbocycles. The van der Waals surface area contributed by atoms with Crippen LogP contribution in [0.15, 0.2) is 77.6 Å². The number of furan rings is 1. The number of nitrogens with one attached hydrogen (secondary N) is 1. The van der Waals surface area contributed by atoms with Crippen LogP contribution in [0.5, 0.6) is 0 Å². The fourth-order valence-electron chi connectivity index (χ4n) is 2.32. The van der Waals surface area contributed by atoms with Crippen molar-refractivity contribution in [2.45, 2.75) is 6.10 Å². The third-order valence-corrected chi connectivity index (χ3v) is 3.64. The van der Waals surface area contributed by atoms with Gasteiger partial charge in [-0.2, -0.15) is 0 Å². The largest absolute Gasteiger partial charge is 0.472 e. The molecule has 1 heterocycles. The highest BCUT2D eigenvalue weighted by molar-refractivity contribution is 5.94. The molecular weight excluding hydrogens is 290 g/mol. The normalized spacial score (nSPS) is 11.9. The topological polar surface area (TPSA) is 62.5 Å². The quantitative estimate of drug-likeness (QED) is 0.759. The van der Waals surface area contributed by atoms with Gasteiger partial charge in [-0.1, -0.05) is 42.5 Å². The molecule has 0 aliphatic carbocycles. The van der Waals surface area contributed by atoms with Crippen LogP contribution in [-0.4, -0.2) is 17.6 Å². The lowest BCUT2D eigenvalue weighted by atomic mass is 10.0. The van der Waals surface area contributed by atoms with Crippen molar-refractivity contribution in [2.75, 3.05) is 6.54 Å². The van der Waals surface area contributed by atoms with E-state index < -0.39 is 6.10 Å². The van der Waals surface area contributed by atoms with Gasteiger partial charge in [-0.25, -0.2) is 0 Å². The van der Waals surface area contributed by atoms with Gasteiger partial charge in [0.2, 0.25) is 0 Å². The molecule has 0 bridgehead atoms. The number of amides is 1. The van der Waals surface area contributed by atoms with Gasteiger partial charge < -0.3 is 14.8 Å². The van der Waals surface area contributed by atoms with E-state index in [2.05, 4.69) is 5.32 Å². The third kappa shape index (κ3) is 3.67.